The van der Waals surface area contributed by atoms with Gasteiger partial charge in [0.1, 0.15) is 6.54 Å². The van der Waals surface area contributed by atoms with Gasteiger partial charge in [0.25, 0.3) is 0 Å². The van der Waals surface area contributed by atoms with Crippen LogP contribution in [-0.2, 0) is 6.54 Å². The minimum absolute atomic E-state index is 0. The summed E-state index contributed by atoms with van der Waals surface area (Å²) in [6, 6.07) is 0. The second kappa shape index (κ2) is 6.91. The third kappa shape index (κ3) is 4.11. The fourth-order valence-electron chi connectivity index (χ4n) is 1.89. The van der Waals surface area contributed by atoms with Crippen LogP contribution in [0.15, 0.2) is 9.52 Å². The van der Waals surface area contributed by atoms with Crippen molar-refractivity contribution in [3.63, 3.8) is 0 Å². The molecule has 0 bridgehead atoms. The van der Waals surface area contributed by atoms with E-state index in [0.29, 0.717) is 24.2 Å². The molecule has 0 unspecified atom stereocenters. The van der Waals surface area contributed by atoms with Crippen molar-refractivity contribution in [3.8, 4) is 0 Å². The van der Waals surface area contributed by atoms with Gasteiger partial charge in [-0.3, -0.25) is 0 Å². The Balaban J connectivity index is 0.00000162. The van der Waals surface area contributed by atoms with E-state index in [4.69, 9.17) is 10.3 Å². The maximum Gasteiger partial charge on any atom is 0.248 e. The van der Waals surface area contributed by atoms with Gasteiger partial charge in [-0.2, -0.15) is 4.98 Å². The second-order valence-corrected chi connectivity index (χ2v) is 4.58. The zero-order valence-electron chi connectivity index (χ0n) is 10.8. The molecule has 0 amide bonds. The van der Waals surface area contributed by atoms with Gasteiger partial charge >= 0.3 is 0 Å². The van der Waals surface area contributed by atoms with Gasteiger partial charge in [-0.15, -0.1) is 24.0 Å². The zero-order valence-corrected chi connectivity index (χ0v) is 13.1. The van der Waals surface area contributed by atoms with Crippen molar-refractivity contribution in [3.05, 3.63) is 11.7 Å². The van der Waals surface area contributed by atoms with Crippen molar-refractivity contribution >= 4 is 29.9 Å². The van der Waals surface area contributed by atoms with E-state index in [9.17, 15) is 0 Å². The smallest absolute Gasteiger partial charge is 0.248 e. The molecular formula is C11H20IN5O. The van der Waals surface area contributed by atoms with Gasteiger partial charge in [-0.1, -0.05) is 12.1 Å². The minimum atomic E-state index is 0. The maximum atomic E-state index is 5.93. The number of guanidine groups is 1. The molecular weight excluding hydrogens is 345 g/mol. The van der Waals surface area contributed by atoms with Crippen LogP contribution in [0.4, 0.5) is 0 Å². The number of rotatable bonds is 2. The molecule has 0 aromatic carbocycles. The summed E-state index contributed by atoms with van der Waals surface area (Å²) in [6.45, 7) is 6.38. The topological polar surface area (TPSA) is 80.5 Å². The van der Waals surface area contributed by atoms with E-state index in [0.717, 1.165) is 19.0 Å². The van der Waals surface area contributed by atoms with E-state index in [1.165, 1.54) is 12.8 Å². The van der Waals surface area contributed by atoms with Crippen LogP contribution in [0.2, 0.25) is 0 Å². The summed E-state index contributed by atoms with van der Waals surface area (Å²) >= 11 is 0. The fourth-order valence-corrected chi connectivity index (χ4v) is 1.89. The lowest BCUT2D eigenvalue weighted by Gasteiger charge is -2.30. The van der Waals surface area contributed by atoms with E-state index in [1.807, 2.05) is 0 Å². The number of aryl methyl sites for hydroxylation is 1. The van der Waals surface area contributed by atoms with Gasteiger partial charge in [0, 0.05) is 13.1 Å². The van der Waals surface area contributed by atoms with Crippen LogP contribution in [0.25, 0.3) is 0 Å². The molecule has 2 N–H and O–H groups in total. The van der Waals surface area contributed by atoms with Crippen LogP contribution >= 0.6 is 24.0 Å². The molecule has 2 heterocycles. The number of hydrogen-bond donors (Lipinski definition) is 1. The Morgan fingerprint density at radius 1 is 1.50 bits per heavy atom. The first-order valence-electron chi connectivity index (χ1n) is 5.99. The Hall–Kier alpha value is -0.860. The highest BCUT2D eigenvalue weighted by molar-refractivity contribution is 14.0. The van der Waals surface area contributed by atoms with E-state index in [-0.39, 0.29) is 24.0 Å². The summed E-state index contributed by atoms with van der Waals surface area (Å²) < 4.78 is 4.98. The van der Waals surface area contributed by atoms with Gasteiger partial charge in [-0.05, 0) is 25.7 Å². The lowest BCUT2D eigenvalue weighted by molar-refractivity contribution is 0.277. The maximum absolute atomic E-state index is 5.93. The van der Waals surface area contributed by atoms with Crippen molar-refractivity contribution in [2.75, 3.05) is 13.1 Å². The first-order chi connectivity index (χ1) is 8.15. The molecule has 1 fully saturated rings. The van der Waals surface area contributed by atoms with Crippen LogP contribution in [0.5, 0.6) is 0 Å². The number of aliphatic imine (C=N–C) groups is 1. The van der Waals surface area contributed by atoms with Crippen LogP contribution in [0.1, 0.15) is 31.5 Å². The summed E-state index contributed by atoms with van der Waals surface area (Å²) in [5.74, 6) is 2.50. The zero-order chi connectivity index (χ0) is 12.3. The van der Waals surface area contributed by atoms with E-state index in [1.54, 1.807) is 6.92 Å². The standard InChI is InChI=1S/C11H19N5O.HI/c1-8-3-5-16(6-4-8)11(12)13-7-10-14-9(2)15-17-10;/h8H,3-7H2,1-2H3,(H2,12,13);1H. The molecule has 6 nitrogen and oxygen atoms in total. The molecule has 0 aliphatic carbocycles. The fraction of sp³-hybridized carbons (Fsp3) is 0.727. The molecule has 1 aliphatic heterocycles. The van der Waals surface area contributed by atoms with Crippen LogP contribution in [0.3, 0.4) is 0 Å². The number of piperidine rings is 1. The summed E-state index contributed by atoms with van der Waals surface area (Å²) in [5.41, 5.74) is 5.93. The molecule has 1 aromatic heterocycles. The Morgan fingerprint density at radius 3 is 2.72 bits per heavy atom. The highest BCUT2D eigenvalue weighted by atomic mass is 127. The van der Waals surface area contributed by atoms with Crippen molar-refractivity contribution in [2.24, 2.45) is 16.6 Å². The summed E-state index contributed by atoms with van der Waals surface area (Å²) in [4.78, 5) is 10.5. The summed E-state index contributed by atoms with van der Waals surface area (Å²) in [6.07, 6.45) is 2.35. The van der Waals surface area contributed by atoms with E-state index < -0.39 is 0 Å². The SMILES string of the molecule is Cc1noc(CN=C(N)N2CCC(C)CC2)n1.I. The lowest BCUT2D eigenvalue weighted by Crippen LogP contribution is -2.42. The Labute approximate surface area is 124 Å². The largest absolute Gasteiger partial charge is 0.370 e. The average Bonchev–Trinajstić information content (AvgIpc) is 2.73. The van der Waals surface area contributed by atoms with Crippen LogP contribution in [-0.4, -0.2) is 34.1 Å². The van der Waals surface area contributed by atoms with E-state index >= 15 is 0 Å². The van der Waals surface area contributed by atoms with Crippen LogP contribution in [0, 0.1) is 12.8 Å². The molecule has 2 rings (SSSR count). The van der Waals surface area contributed by atoms with Gasteiger partial charge in [0.2, 0.25) is 5.89 Å². The number of aromatic nitrogens is 2. The lowest BCUT2D eigenvalue weighted by atomic mass is 10.00. The van der Waals surface area contributed by atoms with Gasteiger partial charge in [-0.25, -0.2) is 4.99 Å². The molecule has 1 aliphatic rings. The molecule has 1 saturated heterocycles. The molecule has 0 radical (unpaired) electrons. The van der Waals surface area contributed by atoms with Crippen molar-refractivity contribution in [2.45, 2.75) is 33.2 Å². The van der Waals surface area contributed by atoms with Gasteiger partial charge in [0.15, 0.2) is 11.8 Å². The average molecular weight is 365 g/mol. The first kappa shape index (κ1) is 15.2. The number of likely N-dealkylation sites (tertiary alicyclic amines) is 1. The quantitative estimate of drug-likeness (QED) is 0.489. The molecule has 18 heavy (non-hydrogen) atoms. The Morgan fingerprint density at radius 2 is 2.17 bits per heavy atom. The first-order valence-corrected chi connectivity index (χ1v) is 5.99. The van der Waals surface area contributed by atoms with E-state index in [2.05, 4.69) is 27.0 Å². The molecule has 1 aromatic rings. The number of nitrogens with two attached hydrogens (primary N) is 1. The second-order valence-electron chi connectivity index (χ2n) is 4.58. The monoisotopic (exact) mass is 365 g/mol. The molecule has 0 saturated carbocycles. The summed E-state index contributed by atoms with van der Waals surface area (Å²) in [5, 5.41) is 3.71. The predicted molar refractivity (Wildman–Crippen MR) is 79.7 cm³/mol. The normalized spacial score (nSPS) is 17.7. The van der Waals surface area contributed by atoms with Crippen molar-refractivity contribution < 1.29 is 4.52 Å². The van der Waals surface area contributed by atoms with Crippen molar-refractivity contribution in [1.29, 1.82) is 0 Å². The third-order valence-electron chi connectivity index (χ3n) is 3.05. The van der Waals surface area contributed by atoms with Gasteiger partial charge < -0.3 is 15.2 Å². The van der Waals surface area contributed by atoms with Gasteiger partial charge in [0.05, 0.1) is 0 Å². The van der Waals surface area contributed by atoms with Crippen LogP contribution < -0.4 is 5.73 Å². The summed E-state index contributed by atoms with van der Waals surface area (Å²) in [7, 11) is 0. The molecule has 102 valence electrons. The third-order valence-corrected chi connectivity index (χ3v) is 3.05. The Kier molecular flexibility index (Phi) is 5.83. The molecule has 0 spiro atoms. The number of halogens is 1. The number of nitrogens with zero attached hydrogens (tertiary/aromatic N) is 4. The molecule has 7 heteroatoms. The number of hydrogen-bond acceptors (Lipinski definition) is 4. The Bertz CT molecular complexity index is 398. The predicted octanol–water partition coefficient (Wildman–Crippen LogP) is 1.54. The highest BCUT2D eigenvalue weighted by Gasteiger charge is 2.17. The highest BCUT2D eigenvalue weighted by Crippen LogP contribution is 2.15. The minimum Gasteiger partial charge on any atom is -0.370 e. The molecule has 0 atom stereocenters. The van der Waals surface area contributed by atoms with Crippen molar-refractivity contribution in [1.82, 2.24) is 15.0 Å².